The number of hydrogen-bond donors (Lipinski definition) is 2. The largest absolute Gasteiger partial charge is 0.329 e. The van der Waals surface area contributed by atoms with Crippen LogP contribution in [-0.2, 0) is 5.54 Å². The van der Waals surface area contributed by atoms with Gasteiger partial charge < -0.3 is 10.6 Å². The van der Waals surface area contributed by atoms with E-state index in [0.717, 1.165) is 11.1 Å². The van der Waals surface area contributed by atoms with E-state index in [-0.39, 0.29) is 11.8 Å². The second-order valence-corrected chi connectivity index (χ2v) is 6.03. The Labute approximate surface area is 134 Å². The monoisotopic (exact) mass is 320 g/mol. The Bertz CT molecular complexity index is 684. The van der Waals surface area contributed by atoms with E-state index < -0.39 is 5.54 Å². The summed E-state index contributed by atoms with van der Waals surface area (Å²) < 4.78 is 13.0. The van der Waals surface area contributed by atoms with Gasteiger partial charge in [-0.3, -0.25) is 0 Å². The van der Waals surface area contributed by atoms with Gasteiger partial charge in [-0.05, 0) is 56.2 Å². The van der Waals surface area contributed by atoms with E-state index in [9.17, 15) is 9.18 Å². The molecular weight excluding hydrogens is 303 g/mol. The van der Waals surface area contributed by atoms with Crippen LogP contribution in [0.2, 0.25) is 5.02 Å². The highest BCUT2D eigenvalue weighted by Crippen LogP contribution is 2.24. The van der Waals surface area contributed by atoms with Gasteiger partial charge in [-0.2, -0.15) is 0 Å². The summed E-state index contributed by atoms with van der Waals surface area (Å²) in [5.74, 6) is -0.307. The summed E-state index contributed by atoms with van der Waals surface area (Å²) in [6.07, 6.45) is 0. The minimum absolute atomic E-state index is 0.307. The molecule has 2 rings (SSSR count). The molecule has 0 fully saturated rings. The smallest absolute Gasteiger partial charge is 0.319 e. The Kier molecular flexibility index (Phi) is 4.71. The van der Waals surface area contributed by atoms with Crippen LogP contribution in [0.5, 0.6) is 0 Å². The molecule has 0 aliphatic carbocycles. The normalized spacial score (nSPS) is 11.1. The number of benzene rings is 2. The molecule has 116 valence electrons. The quantitative estimate of drug-likeness (QED) is 0.834. The van der Waals surface area contributed by atoms with Gasteiger partial charge in [0, 0.05) is 10.7 Å². The van der Waals surface area contributed by atoms with Gasteiger partial charge in [0.25, 0.3) is 0 Å². The summed E-state index contributed by atoms with van der Waals surface area (Å²) in [6.45, 7) is 5.54. The standard InChI is InChI=1S/C17H18ClFN2O/c1-11-14(18)5-4-6-15(11)20-16(22)21-17(2,3)12-7-9-13(19)10-8-12/h4-10H,1-3H3,(H2,20,21,22). The van der Waals surface area contributed by atoms with Crippen LogP contribution < -0.4 is 10.6 Å². The first-order chi connectivity index (χ1) is 10.3. The summed E-state index contributed by atoms with van der Waals surface area (Å²) in [5, 5.41) is 6.24. The summed E-state index contributed by atoms with van der Waals surface area (Å²) in [5.41, 5.74) is 1.63. The number of hydrogen-bond acceptors (Lipinski definition) is 1. The van der Waals surface area contributed by atoms with Gasteiger partial charge in [0.2, 0.25) is 0 Å². The summed E-state index contributed by atoms with van der Waals surface area (Å²) >= 11 is 6.03. The average Bonchev–Trinajstić information content (AvgIpc) is 2.44. The highest BCUT2D eigenvalue weighted by atomic mass is 35.5. The molecule has 5 heteroatoms. The summed E-state index contributed by atoms with van der Waals surface area (Å²) in [4.78, 5) is 12.2. The molecule has 0 saturated carbocycles. The molecule has 0 aromatic heterocycles. The van der Waals surface area contributed by atoms with Crippen molar-refractivity contribution in [2.75, 3.05) is 5.32 Å². The van der Waals surface area contributed by atoms with E-state index in [1.54, 1.807) is 30.3 Å². The fraction of sp³-hybridized carbons (Fsp3) is 0.235. The van der Waals surface area contributed by atoms with Crippen molar-refractivity contribution in [1.29, 1.82) is 0 Å². The number of amides is 2. The number of halogens is 2. The predicted octanol–water partition coefficient (Wildman–Crippen LogP) is 4.84. The molecule has 0 spiro atoms. The maximum Gasteiger partial charge on any atom is 0.319 e. The van der Waals surface area contributed by atoms with Crippen molar-refractivity contribution in [3.8, 4) is 0 Å². The second kappa shape index (κ2) is 6.36. The number of nitrogens with one attached hydrogen (secondary N) is 2. The zero-order valence-electron chi connectivity index (χ0n) is 12.7. The zero-order chi connectivity index (χ0) is 16.3. The number of rotatable bonds is 3. The molecule has 2 N–H and O–H groups in total. The molecule has 0 atom stereocenters. The van der Waals surface area contributed by atoms with Gasteiger partial charge in [0.05, 0.1) is 5.54 Å². The lowest BCUT2D eigenvalue weighted by molar-refractivity contribution is 0.242. The minimum atomic E-state index is -0.635. The van der Waals surface area contributed by atoms with Crippen molar-refractivity contribution < 1.29 is 9.18 Å². The molecule has 0 heterocycles. The molecule has 2 aromatic rings. The first kappa shape index (κ1) is 16.3. The lowest BCUT2D eigenvalue weighted by Crippen LogP contribution is -2.43. The van der Waals surface area contributed by atoms with Crippen molar-refractivity contribution in [3.05, 3.63) is 64.4 Å². The third-order valence-electron chi connectivity index (χ3n) is 3.51. The number of carbonyl (C=O) groups is 1. The molecule has 2 amide bonds. The summed E-state index contributed by atoms with van der Waals surface area (Å²) in [7, 11) is 0. The Hall–Kier alpha value is -2.07. The highest BCUT2D eigenvalue weighted by molar-refractivity contribution is 6.31. The van der Waals surface area contributed by atoms with Crippen LogP contribution >= 0.6 is 11.6 Å². The van der Waals surface area contributed by atoms with Gasteiger partial charge in [-0.15, -0.1) is 0 Å². The first-order valence-corrected chi connectivity index (χ1v) is 7.28. The highest BCUT2D eigenvalue weighted by Gasteiger charge is 2.23. The molecule has 0 radical (unpaired) electrons. The molecule has 0 aliphatic heterocycles. The van der Waals surface area contributed by atoms with Gasteiger partial charge >= 0.3 is 6.03 Å². The van der Waals surface area contributed by atoms with Crippen molar-refractivity contribution >= 4 is 23.3 Å². The number of urea groups is 1. The van der Waals surface area contributed by atoms with Crippen LogP contribution in [0.4, 0.5) is 14.9 Å². The third kappa shape index (κ3) is 3.77. The zero-order valence-corrected chi connectivity index (χ0v) is 13.5. The fourth-order valence-corrected chi connectivity index (χ4v) is 2.29. The van der Waals surface area contributed by atoms with Gasteiger partial charge in [-0.25, -0.2) is 9.18 Å². The van der Waals surface area contributed by atoms with Crippen LogP contribution in [-0.4, -0.2) is 6.03 Å². The van der Waals surface area contributed by atoms with Gasteiger partial charge in [-0.1, -0.05) is 29.8 Å². The summed E-state index contributed by atoms with van der Waals surface area (Å²) in [6, 6.07) is 11.0. The molecule has 0 bridgehead atoms. The maximum atomic E-state index is 13.0. The van der Waals surface area contributed by atoms with Crippen LogP contribution in [0.1, 0.15) is 25.0 Å². The lowest BCUT2D eigenvalue weighted by atomic mass is 9.94. The molecule has 3 nitrogen and oxygen atoms in total. The number of anilines is 1. The van der Waals surface area contributed by atoms with E-state index in [0.29, 0.717) is 10.7 Å². The Morgan fingerprint density at radius 1 is 1.14 bits per heavy atom. The SMILES string of the molecule is Cc1c(Cl)cccc1NC(=O)NC(C)(C)c1ccc(F)cc1. The van der Waals surface area contributed by atoms with Crippen molar-refractivity contribution in [2.24, 2.45) is 0 Å². The molecule has 22 heavy (non-hydrogen) atoms. The van der Waals surface area contributed by atoms with Crippen molar-refractivity contribution in [1.82, 2.24) is 5.32 Å². The van der Waals surface area contributed by atoms with Crippen LogP contribution in [0, 0.1) is 12.7 Å². The van der Waals surface area contributed by atoms with Gasteiger partial charge in [0.15, 0.2) is 0 Å². The Morgan fingerprint density at radius 2 is 1.77 bits per heavy atom. The molecule has 0 unspecified atom stereocenters. The molecule has 0 aliphatic rings. The van der Waals surface area contributed by atoms with Crippen LogP contribution in [0.3, 0.4) is 0 Å². The maximum absolute atomic E-state index is 13.0. The fourth-order valence-electron chi connectivity index (χ4n) is 2.12. The topological polar surface area (TPSA) is 41.1 Å². The first-order valence-electron chi connectivity index (χ1n) is 6.90. The third-order valence-corrected chi connectivity index (χ3v) is 3.92. The van der Waals surface area contributed by atoms with E-state index in [1.165, 1.54) is 12.1 Å². The molecule has 2 aromatic carbocycles. The van der Waals surface area contributed by atoms with E-state index in [1.807, 2.05) is 20.8 Å². The Morgan fingerprint density at radius 3 is 2.41 bits per heavy atom. The molecule has 0 saturated heterocycles. The predicted molar refractivity (Wildman–Crippen MR) is 87.8 cm³/mol. The van der Waals surface area contributed by atoms with Crippen LogP contribution in [0.15, 0.2) is 42.5 Å². The van der Waals surface area contributed by atoms with Crippen LogP contribution in [0.25, 0.3) is 0 Å². The van der Waals surface area contributed by atoms with Gasteiger partial charge in [0.1, 0.15) is 5.82 Å². The average molecular weight is 321 g/mol. The minimum Gasteiger partial charge on any atom is -0.329 e. The lowest BCUT2D eigenvalue weighted by Gasteiger charge is -2.27. The molecular formula is C17H18ClFN2O. The number of carbonyl (C=O) groups excluding carboxylic acids is 1. The second-order valence-electron chi connectivity index (χ2n) is 5.62. The van der Waals surface area contributed by atoms with Crippen molar-refractivity contribution in [3.63, 3.8) is 0 Å². The van der Waals surface area contributed by atoms with E-state index >= 15 is 0 Å². The van der Waals surface area contributed by atoms with E-state index in [2.05, 4.69) is 10.6 Å². The van der Waals surface area contributed by atoms with E-state index in [4.69, 9.17) is 11.6 Å². The Balaban J connectivity index is 2.10. The van der Waals surface area contributed by atoms with Crippen molar-refractivity contribution in [2.45, 2.75) is 26.3 Å².